The zero-order valence-electron chi connectivity index (χ0n) is 11.1. The molecule has 1 fully saturated rings. The highest BCUT2D eigenvalue weighted by Crippen LogP contribution is 2.30. The van der Waals surface area contributed by atoms with E-state index in [0.717, 1.165) is 12.8 Å². The molecule has 1 saturated heterocycles. The zero-order chi connectivity index (χ0) is 13.7. The van der Waals surface area contributed by atoms with E-state index in [1.165, 1.54) is 11.1 Å². The number of nitriles is 1. The molecule has 100 valence electrons. The maximum atomic E-state index is 11.6. The van der Waals surface area contributed by atoms with Crippen LogP contribution < -0.4 is 0 Å². The summed E-state index contributed by atoms with van der Waals surface area (Å²) < 4.78 is 4.82. The molecule has 1 aromatic rings. The van der Waals surface area contributed by atoms with Gasteiger partial charge in [-0.25, -0.2) is 4.79 Å². The summed E-state index contributed by atoms with van der Waals surface area (Å²) in [6, 6.07) is 10.2. The Kier molecular flexibility index (Phi) is 4.40. The molecule has 0 aliphatic carbocycles. The molecule has 1 aliphatic rings. The van der Waals surface area contributed by atoms with Gasteiger partial charge in [-0.2, -0.15) is 5.26 Å². The molecule has 0 spiro atoms. The first-order valence-corrected chi connectivity index (χ1v) is 6.56. The van der Waals surface area contributed by atoms with Crippen molar-refractivity contribution in [3.05, 3.63) is 35.4 Å². The topological polar surface area (TPSA) is 53.3 Å². The fourth-order valence-electron chi connectivity index (χ4n) is 2.60. The predicted molar refractivity (Wildman–Crippen MR) is 71.7 cm³/mol. The number of nitrogens with zero attached hydrogens (tertiary/aromatic N) is 2. The number of carbonyl (C=O) groups is 1. The van der Waals surface area contributed by atoms with Gasteiger partial charge in [0.15, 0.2) is 6.61 Å². The minimum Gasteiger partial charge on any atom is -0.434 e. The second kappa shape index (κ2) is 6.24. The van der Waals surface area contributed by atoms with Crippen molar-refractivity contribution in [2.75, 3.05) is 19.7 Å². The van der Waals surface area contributed by atoms with E-state index in [2.05, 4.69) is 25.1 Å². The summed E-state index contributed by atoms with van der Waals surface area (Å²) in [5, 5.41) is 8.39. The average Bonchev–Trinajstić information content (AvgIpc) is 2.45. The Morgan fingerprint density at radius 3 is 2.74 bits per heavy atom. The van der Waals surface area contributed by atoms with Crippen LogP contribution in [0.4, 0.5) is 4.79 Å². The largest absolute Gasteiger partial charge is 0.434 e. The molecule has 19 heavy (non-hydrogen) atoms. The SMILES string of the molecule is Cc1ccccc1C1CCN(C(=O)OCC#N)CC1. The maximum Gasteiger partial charge on any atom is 0.410 e. The lowest BCUT2D eigenvalue weighted by Crippen LogP contribution is -2.38. The van der Waals surface area contributed by atoms with Crippen molar-refractivity contribution < 1.29 is 9.53 Å². The number of rotatable bonds is 2. The molecule has 4 nitrogen and oxygen atoms in total. The quantitative estimate of drug-likeness (QED) is 0.819. The molecule has 0 atom stereocenters. The third kappa shape index (κ3) is 3.25. The van der Waals surface area contributed by atoms with Crippen LogP contribution in [0.3, 0.4) is 0 Å². The van der Waals surface area contributed by atoms with Crippen LogP contribution in [-0.2, 0) is 4.74 Å². The summed E-state index contributed by atoms with van der Waals surface area (Å²) >= 11 is 0. The van der Waals surface area contributed by atoms with E-state index >= 15 is 0 Å². The fraction of sp³-hybridized carbons (Fsp3) is 0.467. The Hall–Kier alpha value is -2.02. The first kappa shape index (κ1) is 13.4. The molecule has 0 aromatic heterocycles. The third-order valence-electron chi connectivity index (χ3n) is 3.64. The first-order chi connectivity index (χ1) is 9.22. The number of ether oxygens (including phenoxy) is 1. The van der Waals surface area contributed by atoms with Gasteiger partial charge < -0.3 is 9.64 Å². The summed E-state index contributed by atoms with van der Waals surface area (Å²) in [5.41, 5.74) is 2.69. The molecule has 0 saturated carbocycles. The molecule has 0 N–H and O–H groups in total. The lowest BCUT2D eigenvalue weighted by molar-refractivity contribution is 0.103. The highest BCUT2D eigenvalue weighted by atomic mass is 16.6. The highest BCUT2D eigenvalue weighted by Gasteiger charge is 2.25. The second-order valence-corrected chi connectivity index (χ2v) is 4.83. The Balaban J connectivity index is 1.91. The van der Waals surface area contributed by atoms with Crippen LogP contribution in [0.15, 0.2) is 24.3 Å². The summed E-state index contributed by atoms with van der Waals surface area (Å²) in [4.78, 5) is 13.3. The van der Waals surface area contributed by atoms with Crippen molar-refractivity contribution >= 4 is 6.09 Å². The number of hydrogen-bond acceptors (Lipinski definition) is 3. The lowest BCUT2D eigenvalue weighted by Gasteiger charge is -2.31. The maximum absolute atomic E-state index is 11.6. The molecule has 0 radical (unpaired) electrons. The summed E-state index contributed by atoms with van der Waals surface area (Å²) in [7, 11) is 0. The molecule has 1 aliphatic heterocycles. The number of piperidine rings is 1. The minimum atomic E-state index is -0.371. The lowest BCUT2D eigenvalue weighted by atomic mass is 9.87. The molecular formula is C15H18N2O2. The van der Waals surface area contributed by atoms with Crippen molar-refractivity contribution in [1.82, 2.24) is 4.90 Å². The van der Waals surface area contributed by atoms with Gasteiger partial charge >= 0.3 is 6.09 Å². The molecule has 2 rings (SSSR count). The minimum absolute atomic E-state index is 0.170. The number of aryl methyl sites for hydroxylation is 1. The van der Waals surface area contributed by atoms with Gasteiger partial charge in [-0.1, -0.05) is 24.3 Å². The van der Waals surface area contributed by atoms with Crippen LogP contribution in [0.25, 0.3) is 0 Å². The van der Waals surface area contributed by atoms with Crippen LogP contribution in [0.5, 0.6) is 0 Å². The molecule has 1 aromatic carbocycles. The van der Waals surface area contributed by atoms with E-state index in [-0.39, 0.29) is 12.7 Å². The highest BCUT2D eigenvalue weighted by molar-refractivity contribution is 5.67. The Labute approximate surface area is 113 Å². The van der Waals surface area contributed by atoms with Gasteiger partial charge in [-0.15, -0.1) is 0 Å². The van der Waals surface area contributed by atoms with Gasteiger partial charge in [-0.05, 0) is 36.8 Å². The summed E-state index contributed by atoms with van der Waals surface area (Å²) in [6.07, 6.45) is 1.53. The van der Waals surface area contributed by atoms with Gasteiger partial charge in [0.05, 0.1) is 0 Å². The first-order valence-electron chi connectivity index (χ1n) is 6.56. The van der Waals surface area contributed by atoms with Crippen molar-refractivity contribution in [3.63, 3.8) is 0 Å². The third-order valence-corrected chi connectivity index (χ3v) is 3.64. The number of hydrogen-bond donors (Lipinski definition) is 0. The summed E-state index contributed by atoms with van der Waals surface area (Å²) in [6.45, 7) is 3.35. The normalized spacial score (nSPS) is 15.9. The molecule has 1 amide bonds. The van der Waals surface area contributed by atoms with Crippen molar-refractivity contribution in [3.8, 4) is 6.07 Å². The van der Waals surface area contributed by atoms with E-state index < -0.39 is 0 Å². The van der Waals surface area contributed by atoms with E-state index in [0.29, 0.717) is 19.0 Å². The number of likely N-dealkylation sites (tertiary alicyclic amines) is 1. The van der Waals surface area contributed by atoms with Crippen molar-refractivity contribution in [2.45, 2.75) is 25.7 Å². The number of amides is 1. The van der Waals surface area contributed by atoms with Crippen molar-refractivity contribution in [2.24, 2.45) is 0 Å². The Bertz CT molecular complexity index is 485. The fourth-order valence-corrected chi connectivity index (χ4v) is 2.60. The average molecular weight is 258 g/mol. The van der Waals surface area contributed by atoms with Crippen LogP contribution >= 0.6 is 0 Å². The van der Waals surface area contributed by atoms with E-state index in [4.69, 9.17) is 10.00 Å². The van der Waals surface area contributed by atoms with Crippen LogP contribution in [0.1, 0.15) is 29.9 Å². The van der Waals surface area contributed by atoms with Crippen LogP contribution in [0, 0.1) is 18.3 Å². The van der Waals surface area contributed by atoms with Gasteiger partial charge in [0.2, 0.25) is 0 Å². The van der Waals surface area contributed by atoms with Gasteiger partial charge in [0.1, 0.15) is 6.07 Å². The molecule has 4 heteroatoms. The van der Waals surface area contributed by atoms with Crippen LogP contribution in [-0.4, -0.2) is 30.7 Å². The molecule has 1 heterocycles. The summed E-state index contributed by atoms with van der Waals surface area (Å²) in [5.74, 6) is 0.515. The van der Waals surface area contributed by atoms with Crippen molar-refractivity contribution in [1.29, 1.82) is 5.26 Å². The van der Waals surface area contributed by atoms with E-state index in [9.17, 15) is 4.79 Å². The monoisotopic (exact) mass is 258 g/mol. The Morgan fingerprint density at radius 1 is 1.42 bits per heavy atom. The Morgan fingerprint density at radius 2 is 2.11 bits per heavy atom. The number of benzene rings is 1. The molecule has 0 bridgehead atoms. The van der Waals surface area contributed by atoms with E-state index in [1.54, 1.807) is 4.90 Å². The molecular weight excluding hydrogens is 240 g/mol. The second-order valence-electron chi connectivity index (χ2n) is 4.83. The number of carbonyl (C=O) groups excluding carboxylic acids is 1. The van der Waals surface area contributed by atoms with Gasteiger partial charge in [0, 0.05) is 13.1 Å². The zero-order valence-corrected chi connectivity index (χ0v) is 11.1. The van der Waals surface area contributed by atoms with E-state index in [1.807, 2.05) is 12.1 Å². The van der Waals surface area contributed by atoms with Gasteiger partial charge in [-0.3, -0.25) is 0 Å². The smallest absolute Gasteiger partial charge is 0.410 e. The molecule has 0 unspecified atom stereocenters. The van der Waals surface area contributed by atoms with Crippen LogP contribution in [0.2, 0.25) is 0 Å². The van der Waals surface area contributed by atoms with Gasteiger partial charge in [0.25, 0.3) is 0 Å². The standard InChI is InChI=1S/C15H18N2O2/c1-12-4-2-3-5-14(12)13-6-9-17(10-7-13)15(18)19-11-8-16/h2-5,13H,6-7,9-11H2,1H3. The predicted octanol–water partition coefficient (Wildman–Crippen LogP) is 2.83.